The van der Waals surface area contributed by atoms with Gasteiger partial charge in [-0.15, -0.1) is 11.8 Å². The van der Waals surface area contributed by atoms with Gasteiger partial charge in [0, 0.05) is 37.6 Å². The fourth-order valence-electron chi connectivity index (χ4n) is 2.50. The van der Waals surface area contributed by atoms with Crippen molar-refractivity contribution in [2.75, 3.05) is 46.4 Å². The Morgan fingerprint density at radius 2 is 2.04 bits per heavy atom. The molecule has 0 bridgehead atoms. The summed E-state index contributed by atoms with van der Waals surface area (Å²) < 4.78 is 5.14. The first-order valence-electron chi connectivity index (χ1n) is 8.20. The zero-order valence-electron chi connectivity index (χ0n) is 14.0. The minimum Gasteiger partial charge on any atom is -0.497 e. The van der Waals surface area contributed by atoms with E-state index in [4.69, 9.17) is 4.74 Å². The summed E-state index contributed by atoms with van der Waals surface area (Å²) in [6.45, 7) is 8.11. The van der Waals surface area contributed by atoms with E-state index in [1.54, 1.807) is 18.9 Å². The first kappa shape index (κ1) is 18.1. The number of rotatable bonds is 8. The molecule has 1 atom stereocenters. The molecule has 6 heteroatoms. The molecule has 0 aromatic heterocycles. The Bertz CT molecular complexity index is 475. The molecule has 1 saturated heterocycles. The molecule has 1 unspecified atom stereocenters. The van der Waals surface area contributed by atoms with E-state index >= 15 is 0 Å². The third kappa shape index (κ3) is 6.41. The number of carbonyl (C=O) groups excluding carboxylic acids is 1. The Hall–Kier alpha value is -1.24. The van der Waals surface area contributed by atoms with E-state index in [2.05, 4.69) is 15.5 Å². The molecule has 1 aliphatic rings. The second kappa shape index (κ2) is 9.80. The summed E-state index contributed by atoms with van der Waals surface area (Å²) in [4.78, 5) is 15.7. The van der Waals surface area contributed by atoms with Crippen LogP contribution in [0.3, 0.4) is 0 Å². The van der Waals surface area contributed by atoms with E-state index < -0.39 is 0 Å². The van der Waals surface area contributed by atoms with E-state index in [1.165, 1.54) is 0 Å². The van der Waals surface area contributed by atoms with Crippen molar-refractivity contribution >= 4 is 17.7 Å². The molecule has 1 heterocycles. The Morgan fingerprint density at radius 1 is 1.35 bits per heavy atom. The molecule has 0 saturated carbocycles. The minimum absolute atomic E-state index is 0.0948. The number of thioether (sulfide) groups is 1. The number of amides is 1. The van der Waals surface area contributed by atoms with Gasteiger partial charge in [-0.1, -0.05) is 0 Å². The zero-order valence-corrected chi connectivity index (χ0v) is 14.8. The largest absolute Gasteiger partial charge is 0.497 e. The molecule has 1 amide bonds. The van der Waals surface area contributed by atoms with Crippen LogP contribution >= 0.6 is 11.8 Å². The summed E-state index contributed by atoms with van der Waals surface area (Å²) >= 11 is 1.57. The zero-order chi connectivity index (χ0) is 16.5. The van der Waals surface area contributed by atoms with Crippen molar-refractivity contribution < 1.29 is 9.53 Å². The van der Waals surface area contributed by atoms with Crippen molar-refractivity contribution in [2.45, 2.75) is 23.5 Å². The van der Waals surface area contributed by atoms with Gasteiger partial charge < -0.3 is 20.3 Å². The van der Waals surface area contributed by atoms with Gasteiger partial charge in [-0.25, -0.2) is 0 Å². The fourth-order valence-corrected chi connectivity index (χ4v) is 3.40. The van der Waals surface area contributed by atoms with Crippen LogP contribution < -0.4 is 15.4 Å². The van der Waals surface area contributed by atoms with Crippen LogP contribution in [0.4, 0.5) is 0 Å². The summed E-state index contributed by atoms with van der Waals surface area (Å²) in [5.74, 6) is 0.936. The Morgan fingerprint density at radius 3 is 2.70 bits per heavy atom. The molecular formula is C17H27N3O2S. The normalized spacial score (nSPS) is 16.8. The number of benzene rings is 1. The first-order valence-corrected chi connectivity index (χ1v) is 9.08. The molecule has 1 aromatic rings. The molecule has 1 fully saturated rings. The average Bonchev–Trinajstić information content (AvgIpc) is 2.60. The Kier molecular flexibility index (Phi) is 7.71. The van der Waals surface area contributed by atoms with Gasteiger partial charge in [-0.05, 0) is 44.2 Å². The number of hydrogen-bond donors (Lipinski definition) is 2. The van der Waals surface area contributed by atoms with Gasteiger partial charge in [-0.2, -0.15) is 0 Å². The predicted molar refractivity (Wildman–Crippen MR) is 95.2 cm³/mol. The summed E-state index contributed by atoms with van der Waals surface area (Å²) in [5, 5.41) is 6.29. The number of carbonyl (C=O) groups is 1. The molecule has 2 N–H and O–H groups in total. The molecule has 1 aromatic carbocycles. The van der Waals surface area contributed by atoms with Crippen molar-refractivity contribution in [3.63, 3.8) is 0 Å². The maximum absolute atomic E-state index is 12.1. The van der Waals surface area contributed by atoms with Crippen LogP contribution in [0.1, 0.15) is 13.3 Å². The molecule has 5 nitrogen and oxygen atoms in total. The first-order chi connectivity index (χ1) is 11.2. The topological polar surface area (TPSA) is 53.6 Å². The van der Waals surface area contributed by atoms with Crippen molar-refractivity contribution in [1.29, 1.82) is 0 Å². The molecule has 0 spiro atoms. The number of nitrogens with one attached hydrogen (secondary N) is 2. The van der Waals surface area contributed by atoms with Crippen LogP contribution in [0.5, 0.6) is 5.75 Å². The van der Waals surface area contributed by atoms with Crippen molar-refractivity contribution in [3.05, 3.63) is 24.3 Å². The van der Waals surface area contributed by atoms with Crippen LogP contribution in [0.25, 0.3) is 0 Å². The second-order valence-electron chi connectivity index (χ2n) is 5.67. The number of piperazine rings is 1. The molecular weight excluding hydrogens is 310 g/mol. The Balaban J connectivity index is 1.63. The van der Waals surface area contributed by atoms with Gasteiger partial charge in [0.15, 0.2) is 0 Å². The van der Waals surface area contributed by atoms with Crippen molar-refractivity contribution in [3.8, 4) is 5.75 Å². The van der Waals surface area contributed by atoms with E-state index in [1.807, 2.05) is 31.2 Å². The SMILES string of the molecule is COc1ccc(SC(C)C(=O)NCCCN2CCNCC2)cc1. The molecule has 23 heavy (non-hydrogen) atoms. The van der Waals surface area contributed by atoms with Crippen LogP contribution in [0.2, 0.25) is 0 Å². The summed E-state index contributed by atoms with van der Waals surface area (Å²) in [5.41, 5.74) is 0. The van der Waals surface area contributed by atoms with Crippen LogP contribution in [0, 0.1) is 0 Å². The highest BCUT2D eigenvalue weighted by Gasteiger charge is 2.14. The quantitative estimate of drug-likeness (QED) is 0.557. The summed E-state index contributed by atoms with van der Waals surface area (Å²) in [7, 11) is 1.65. The lowest BCUT2D eigenvalue weighted by Gasteiger charge is -2.27. The lowest BCUT2D eigenvalue weighted by Crippen LogP contribution is -2.44. The van der Waals surface area contributed by atoms with Gasteiger partial charge in [0.2, 0.25) is 5.91 Å². The van der Waals surface area contributed by atoms with Crippen LogP contribution in [-0.2, 0) is 4.79 Å². The molecule has 128 valence electrons. The number of nitrogens with zero attached hydrogens (tertiary/aromatic N) is 1. The lowest BCUT2D eigenvalue weighted by atomic mass is 10.3. The van der Waals surface area contributed by atoms with E-state index in [9.17, 15) is 4.79 Å². The molecule has 0 aliphatic carbocycles. The van der Waals surface area contributed by atoms with E-state index in [0.29, 0.717) is 0 Å². The predicted octanol–water partition coefficient (Wildman–Crippen LogP) is 1.59. The summed E-state index contributed by atoms with van der Waals surface area (Å²) in [6.07, 6.45) is 1.01. The van der Waals surface area contributed by atoms with Gasteiger partial charge >= 0.3 is 0 Å². The van der Waals surface area contributed by atoms with Gasteiger partial charge in [0.1, 0.15) is 5.75 Å². The Labute approximate surface area is 143 Å². The standard InChI is InChI=1S/C17H27N3O2S/c1-14(23-16-6-4-15(22-2)5-7-16)17(21)19-8-3-11-20-12-9-18-10-13-20/h4-7,14,18H,3,8-13H2,1-2H3,(H,19,21). The number of ether oxygens (including phenoxy) is 1. The minimum atomic E-state index is -0.0948. The number of hydrogen-bond acceptors (Lipinski definition) is 5. The second-order valence-corrected chi connectivity index (χ2v) is 7.09. The van der Waals surface area contributed by atoms with Gasteiger partial charge in [0.05, 0.1) is 12.4 Å². The van der Waals surface area contributed by atoms with E-state index in [-0.39, 0.29) is 11.2 Å². The van der Waals surface area contributed by atoms with Gasteiger partial charge in [0.25, 0.3) is 0 Å². The van der Waals surface area contributed by atoms with E-state index in [0.717, 1.165) is 56.3 Å². The fraction of sp³-hybridized carbons (Fsp3) is 0.588. The maximum Gasteiger partial charge on any atom is 0.233 e. The highest BCUT2D eigenvalue weighted by Crippen LogP contribution is 2.25. The van der Waals surface area contributed by atoms with Crippen LogP contribution in [0.15, 0.2) is 29.2 Å². The monoisotopic (exact) mass is 337 g/mol. The highest BCUT2D eigenvalue weighted by atomic mass is 32.2. The van der Waals surface area contributed by atoms with Gasteiger partial charge in [-0.3, -0.25) is 4.79 Å². The smallest absolute Gasteiger partial charge is 0.233 e. The number of methoxy groups -OCH3 is 1. The van der Waals surface area contributed by atoms with Crippen molar-refractivity contribution in [2.24, 2.45) is 0 Å². The maximum atomic E-state index is 12.1. The molecule has 2 rings (SSSR count). The van der Waals surface area contributed by atoms with Crippen molar-refractivity contribution in [1.82, 2.24) is 15.5 Å². The highest BCUT2D eigenvalue weighted by molar-refractivity contribution is 8.00. The molecule has 0 radical (unpaired) electrons. The summed E-state index contributed by atoms with van der Waals surface area (Å²) in [6, 6.07) is 7.80. The average molecular weight is 337 g/mol. The third-order valence-electron chi connectivity index (χ3n) is 3.90. The lowest BCUT2D eigenvalue weighted by molar-refractivity contribution is -0.120. The molecule has 1 aliphatic heterocycles. The third-order valence-corrected chi connectivity index (χ3v) is 5.01. The van der Waals surface area contributed by atoms with Crippen LogP contribution in [-0.4, -0.2) is 62.4 Å².